The zero-order valence-corrected chi connectivity index (χ0v) is 13.2. The second-order valence-corrected chi connectivity index (χ2v) is 6.01. The minimum Gasteiger partial charge on any atom is -0.347 e. The lowest BCUT2D eigenvalue weighted by Gasteiger charge is -2.24. The Balaban J connectivity index is 1.54. The van der Waals surface area contributed by atoms with Crippen LogP contribution in [0.4, 0.5) is 0 Å². The van der Waals surface area contributed by atoms with Gasteiger partial charge >= 0.3 is 0 Å². The Morgan fingerprint density at radius 2 is 2.26 bits per heavy atom. The van der Waals surface area contributed by atoms with Gasteiger partial charge in [-0.1, -0.05) is 0 Å². The molecular weight excluding hydrogens is 292 g/mol. The van der Waals surface area contributed by atoms with Crippen LogP contribution in [-0.2, 0) is 20.0 Å². The number of fused-ring (bicyclic) bond motifs is 2. The number of rotatable bonds is 2. The molecule has 1 atom stereocenters. The normalized spacial score (nSPS) is 17.2. The van der Waals surface area contributed by atoms with Crippen molar-refractivity contribution in [2.45, 2.75) is 32.4 Å². The molecule has 0 radical (unpaired) electrons. The molecule has 23 heavy (non-hydrogen) atoms. The number of nitrogens with one attached hydrogen (secondary N) is 1. The highest BCUT2D eigenvalue weighted by atomic mass is 16.1. The first-order chi connectivity index (χ1) is 11.1. The summed E-state index contributed by atoms with van der Waals surface area (Å²) in [6.45, 7) is 2.69. The lowest BCUT2D eigenvalue weighted by Crippen LogP contribution is -2.40. The third kappa shape index (κ3) is 2.38. The van der Waals surface area contributed by atoms with Crippen LogP contribution in [0.5, 0.6) is 0 Å². The van der Waals surface area contributed by atoms with Crippen molar-refractivity contribution in [3.05, 3.63) is 41.7 Å². The van der Waals surface area contributed by atoms with Crippen LogP contribution in [0.2, 0.25) is 0 Å². The van der Waals surface area contributed by atoms with E-state index in [9.17, 15) is 4.79 Å². The van der Waals surface area contributed by atoms with Crippen molar-refractivity contribution in [1.29, 1.82) is 0 Å². The van der Waals surface area contributed by atoms with Gasteiger partial charge in [-0.3, -0.25) is 9.48 Å². The van der Waals surface area contributed by atoms with Crippen molar-refractivity contribution in [3.63, 3.8) is 0 Å². The van der Waals surface area contributed by atoms with E-state index in [-0.39, 0.29) is 11.9 Å². The van der Waals surface area contributed by atoms with Gasteiger partial charge in [-0.2, -0.15) is 5.10 Å². The molecular formula is C16H18N6O. The molecule has 7 nitrogen and oxygen atoms in total. The second kappa shape index (κ2) is 5.19. The maximum Gasteiger partial charge on any atom is 0.253 e. The van der Waals surface area contributed by atoms with Gasteiger partial charge < -0.3 is 9.88 Å². The minimum atomic E-state index is -0.0868. The fourth-order valence-corrected chi connectivity index (χ4v) is 3.19. The molecule has 1 unspecified atom stereocenters. The summed E-state index contributed by atoms with van der Waals surface area (Å²) in [6, 6.07) is 1.99. The molecule has 118 valence electrons. The van der Waals surface area contributed by atoms with Crippen LogP contribution in [-0.4, -0.2) is 36.3 Å². The molecule has 0 saturated heterocycles. The Hall–Kier alpha value is -2.70. The number of hydrogen-bond donors (Lipinski definition) is 1. The van der Waals surface area contributed by atoms with Gasteiger partial charge in [0.05, 0.1) is 11.3 Å². The van der Waals surface area contributed by atoms with E-state index in [2.05, 4.69) is 25.0 Å². The van der Waals surface area contributed by atoms with E-state index >= 15 is 0 Å². The summed E-state index contributed by atoms with van der Waals surface area (Å²) < 4.78 is 3.83. The summed E-state index contributed by atoms with van der Waals surface area (Å²) >= 11 is 0. The predicted octanol–water partition coefficient (Wildman–Crippen LogP) is 1.22. The smallest absolute Gasteiger partial charge is 0.253 e. The number of nitrogens with zero attached hydrogens (tertiary/aromatic N) is 5. The van der Waals surface area contributed by atoms with E-state index in [1.54, 1.807) is 10.9 Å². The standard InChI is InChI=1S/C16H18N6O/c1-10-13-7-11(8-18-15(13)21(2)20-10)16(23)19-12-3-4-14-17-5-6-22(14)9-12/h5-8,12H,3-4,9H2,1-2H3,(H,19,23). The lowest BCUT2D eigenvalue weighted by atomic mass is 10.1. The van der Waals surface area contributed by atoms with Gasteiger partial charge in [-0.05, 0) is 19.4 Å². The van der Waals surface area contributed by atoms with Crippen LogP contribution in [0.1, 0.15) is 28.3 Å². The Kier molecular flexibility index (Phi) is 3.14. The lowest BCUT2D eigenvalue weighted by molar-refractivity contribution is 0.0927. The highest BCUT2D eigenvalue weighted by Crippen LogP contribution is 2.17. The molecule has 1 amide bonds. The summed E-state index contributed by atoms with van der Waals surface area (Å²) in [5.74, 6) is 1.00. The van der Waals surface area contributed by atoms with E-state index in [0.717, 1.165) is 41.9 Å². The number of carbonyl (C=O) groups is 1. The zero-order valence-electron chi connectivity index (χ0n) is 13.2. The van der Waals surface area contributed by atoms with Crippen molar-refractivity contribution < 1.29 is 4.79 Å². The molecule has 1 aliphatic rings. The molecule has 3 aromatic heterocycles. The van der Waals surface area contributed by atoms with Crippen molar-refractivity contribution >= 4 is 16.9 Å². The molecule has 4 heterocycles. The number of aromatic nitrogens is 5. The first-order valence-electron chi connectivity index (χ1n) is 7.72. The average Bonchev–Trinajstić information content (AvgIpc) is 3.11. The van der Waals surface area contributed by atoms with E-state index in [1.165, 1.54) is 0 Å². The number of aryl methyl sites for hydroxylation is 3. The van der Waals surface area contributed by atoms with Gasteiger partial charge in [-0.25, -0.2) is 9.97 Å². The van der Waals surface area contributed by atoms with Crippen LogP contribution in [0.25, 0.3) is 11.0 Å². The molecule has 0 saturated carbocycles. The van der Waals surface area contributed by atoms with Crippen molar-refractivity contribution in [1.82, 2.24) is 29.6 Å². The van der Waals surface area contributed by atoms with E-state index in [4.69, 9.17) is 0 Å². The largest absolute Gasteiger partial charge is 0.347 e. The molecule has 0 fully saturated rings. The van der Waals surface area contributed by atoms with Gasteiger partial charge in [0.15, 0.2) is 5.65 Å². The fourth-order valence-electron chi connectivity index (χ4n) is 3.19. The van der Waals surface area contributed by atoms with Gasteiger partial charge in [0.1, 0.15) is 5.82 Å². The summed E-state index contributed by atoms with van der Waals surface area (Å²) in [4.78, 5) is 21.2. The third-order valence-corrected chi connectivity index (χ3v) is 4.40. The Morgan fingerprint density at radius 1 is 1.39 bits per heavy atom. The van der Waals surface area contributed by atoms with Gasteiger partial charge in [0.25, 0.3) is 5.91 Å². The third-order valence-electron chi connectivity index (χ3n) is 4.40. The van der Waals surface area contributed by atoms with Gasteiger partial charge in [0, 0.05) is 50.0 Å². The average molecular weight is 310 g/mol. The summed E-state index contributed by atoms with van der Waals surface area (Å²) in [7, 11) is 1.85. The maximum atomic E-state index is 12.5. The maximum absolute atomic E-state index is 12.5. The Morgan fingerprint density at radius 3 is 3.13 bits per heavy atom. The number of imidazole rings is 1. The molecule has 0 aromatic carbocycles. The van der Waals surface area contributed by atoms with Crippen LogP contribution < -0.4 is 5.32 Å². The zero-order chi connectivity index (χ0) is 16.0. The van der Waals surface area contributed by atoms with Gasteiger partial charge in [-0.15, -0.1) is 0 Å². The van der Waals surface area contributed by atoms with E-state index in [0.29, 0.717) is 5.56 Å². The van der Waals surface area contributed by atoms with Crippen LogP contribution in [0.3, 0.4) is 0 Å². The number of amides is 1. The first kappa shape index (κ1) is 13.9. The fraction of sp³-hybridized carbons (Fsp3) is 0.375. The number of pyridine rings is 1. The molecule has 1 N–H and O–H groups in total. The molecule has 0 bridgehead atoms. The Bertz CT molecular complexity index is 893. The van der Waals surface area contributed by atoms with E-state index in [1.807, 2.05) is 32.4 Å². The predicted molar refractivity (Wildman–Crippen MR) is 85.0 cm³/mol. The van der Waals surface area contributed by atoms with Crippen molar-refractivity contribution in [2.24, 2.45) is 7.05 Å². The molecule has 0 spiro atoms. The molecule has 1 aliphatic heterocycles. The van der Waals surface area contributed by atoms with Gasteiger partial charge in [0.2, 0.25) is 0 Å². The first-order valence-corrected chi connectivity index (χ1v) is 7.72. The minimum absolute atomic E-state index is 0.0868. The van der Waals surface area contributed by atoms with Crippen molar-refractivity contribution in [3.8, 4) is 0 Å². The molecule has 3 aromatic rings. The van der Waals surface area contributed by atoms with Crippen LogP contribution >= 0.6 is 0 Å². The van der Waals surface area contributed by atoms with E-state index < -0.39 is 0 Å². The highest BCUT2D eigenvalue weighted by Gasteiger charge is 2.21. The molecule has 4 rings (SSSR count). The second-order valence-electron chi connectivity index (χ2n) is 6.01. The quantitative estimate of drug-likeness (QED) is 0.772. The Labute approximate surface area is 133 Å². The summed E-state index contributed by atoms with van der Waals surface area (Å²) in [6.07, 6.45) is 7.17. The molecule has 7 heteroatoms. The van der Waals surface area contributed by atoms with Crippen molar-refractivity contribution in [2.75, 3.05) is 0 Å². The summed E-state index contributed by atoms with van der Waals surface area (Å²) in [5, 5.41) is 8.36. The number of carbonyl (C=O) groups excluding carboxylic acids is 1. The monoisotopic (exact) mass is 310 g/mol. The molecule has 0 aliphatic carbocycles. The topological polar surface area (TPSA) is 77.6 Å². The highest BCUT2D eigenvalue weighted by molar-refractivity contribution is 5.97. The van der Waals surface area contributed by atoms with Crippen LogP contribution in [0.15, 0.2) is 24.7 Å². The number of hydrogen-bond acceptors (Lipinski definition) is 4. The van der Waals surface area contributed by atoms with Crippen LogP contribution in [0, 0.1) is 6.92 Å². The SMILES string of the molecule is Cc1nn(C)c2ncc(C(=O)NC3CCc4nccn4C3)cc12. The summed E-state index contributed by atoms with van der Waals surface area (Å²) in [5.41, 5.74) is 2.25.